The number of anilines is 1. The fourth-order valence-electron chi connectivity index (χ4n) is 4.34. The lowest BCUT2D eigenvalue weighted by Crippen LogP contribution is -2.18. The van der Waals surface area contributed by atoms with Gasteiger partial charge in [0.2, 0.25) is 5.91 Å². The Balaban J connectivity index is 1.52. The molecule has 0 radical (unpaired) electrons. The first-order valence-electron chi connectivity index (χ1n) is 11.4. The van der Waals surface area contributed by atoms with Crippen LogP contribution in [0.15, 0.2) is 77.3 Å². The normalized spacial score (nSPS) is 12.4. The van der Waals surface area contributed by atoms with E-state index in [1.54, 1.807) is 6.07 Å². The summed E-state index contributed by atoms with van der Waals surface area (Å²) in [5, 5.41) is 13.0. The topological polar surface area (TPSA) is 75.1 Å². The Morgan fingerprint density at radius 2 is 1.74 bits per heavy atom. The Bertz CT molecular complexity index is 1340. The maximum absolute atomic E-state index is 12.9. The van der Waals surface area contributed by atoms with E-state index in [-0.39, 0.29) is 18.1 Å². The van der Waals surface area contributed by atoms with Gasteiger partial charge < -0.3 is 10.4 Å². The molecule has 6 heteroatoms. The number of nitrogens with one attached hydrogen (secondary N) is 1. The smallest absolute Gasteiger partial charge is 0.229 e. The number of aromatic hydroxyl groups is 1. The van der Waals surface area contributed by atoms with Gasteiger partial charge in [-0.05, 0) is 66.3 Å². The summed E-state index contributed by atoms with van der Waals surface area (Å²) in [4.78, 5) is 22.9. The molecule has 0 spiro atoms. The third-order valence-corrected chi connectivity index (χ3v) is 6.52. The summed E-state index contributed by atoms with van der Waals surface area (Å²) in [7, 11) is 0. The summed E-state index contributed by atoms with van der Waals surface area (Å²) in [5.41, 5.74) is 6.55. The fourth-order valence-corrected chi connectivity index (χ4v) is 4.60. The second-order valence-electron chi connectivity index (χ2n) is 8.52. The number of hydrogen-bond acceptors (Lipinski definition) is 4. The molecular weight excluding hydrogens is 490 g/mol. The molecule has 0 fully saturated rings. The highest BCUT2D eigenvalue weighted by Crippen LogP contribution is 2.34. The molecular formula is C28H24BrN3O2. The minimum absolute atomic E-state index is 0.121. The highest BCUT2D eigenvalue weighted by molar-refractivity contribution is 9.10. The Kier molecular flexibility index (Phi) is 6.41. The Hall–Kier alpha value is -3.51. The summed E-state index contributed by atoms with van der Waals surface area (Å²) < 4.78 is 0.979. The van der Waals surface area contributed by atoms with Crippen LogP contribution in [0.25, 0.3) is 11.3 Å². The van der Waals surface area contributed by atoms with Crippen LogP contribution < -0.4 is 5.32 Å². The molecule has 170 valence electrons. The van der Waals surface area contributed by atoms with Crippen LogP contribution in [-0.4, -0.2) is 21.0 Å². The third kappa shape index (κ3) is 5.02. The predicted molar refractivity (Wildman–Crippen MR) is 137 cm³/mol. The molecule has 5 rings (SSSR count). The summed E-state index contributed by atoms with van der Waals surface area (Å²) in [5.74, 6) is 0.660. The van der Waals surface area contributed by atoms with Gasteiger partial charge in [0.25, 0.3) is 0 Å². The van der Waals surface area contributed by atoms with Crippen molar-refractivity contribution in [2.24, 2.45) is 0 Å². The molecule has 1 amide bonds. The van der Waals surface area contributed by atoms with E-state index in [0.29, 0.717) is 12.2 Å². The number of halogens is 1. The highest BCUT2D eigenvalue weighted by atomic mass is 79.9. The first-order valence-corrected chi connectivity index (χ1v) is 12.1. The van der Waals surface area contributed by atoms with Gasteiger partial charge in [-0.2, -0.15) is 0 Å². The van der Waals surface area contributed by atoms with E-state index < -0.39 is 0 Å². The monoisotopic (exact) mass is 513 g/mol. The quantitative estimate of drug-likeness (QED) is 0.349. The minimum atomic E-state index is -0.121. The molecule has 0 unspecified atom stereocenters. The van der Waals surface area contributed by atoms with Crippen LogP contribution in [0.3, 0.4) is 0 Å². The third-order valence-electron chi connectivity index (χ3n) is 5.99. The van der Waals surface area contributed by atoms with Crippen LogP contribution in [0.4, 0.5) is 5.82 Å². The molecule has 3 aromatic carbocycles. The van der Waals surface area contributed by atoms with Crippen LogP contribution in [-0.2, 0) is 30.5 Å². The maximum atomic E-state index is 12.9. The Morgan fingerprint density at radius 1 is 0.941 bits per heavy atom. The summed E-state index contributed by atoms with van der Waals surface area (Å²) >= 11 is 3.43. The molecule has 1 aromatic heterocycles. The van der Waals surface area contributed by atoms with Crippen molar-refractivity contribution in [3.8, 4) is 17.0 Å². The number of nitrogens with zero attached hydrogens (tertiary/aromatic N) is 2. The van der Waals surface area contributed by atoms with Crippen molar-refractivity contribution >= 4 is 27.7 Å². The number of carbonyl (C=O) groups excluding carboxylic acids is 1. The van der Waals surface area contributed by atoms with E-state index in [1.165, 1.54) is 0 Å². The predicted octanol–water partition coefficient (Wildman–Crippen LogP) is 5.87. The fraction of sp³-hybridized carbons (Fsp3) is 0.179. The van der Waals surface area contributed by atoms with Crippen molar-refractivity contribution in [2.45, 2.75) is 32.1 Å². The van der Waals surface area contributed by atoms with Crippen molar-refractivity contribution in [1.82, 2.24) is 9.97 Å². The molecule has 0 saturated heterocycles. The zero-order chi connectivity index (χ0) is 23.5. The van der Waals surface area contributed by atoms with Gasteiger partial charge in [-0.3, -0.25) is 4.79 Å². The first-order chi connectivity index (χ1) is 16.5. The van der Waals surface area contributed by atoms with Crippen molar-refractivity contribution < 1.29 is 9.90 Å². The van der Waals surface area contributed by atoms with E-state index in [4.69, 9.17) is 9.97 Å². The maximum Gasteiger partial charge on any atom is 0.229 e. The van der Waals surface area contributed by atoms with E-state index in [0.717, 1.165) is 63.1 Å². The number of benzene rings is 3. The molecule has 1 aliphatic carbocycles. The number of aromatic nitrogens is 2. The molecule has 1 aliphatic rings. The van der Waals surface area contributed by atoms with Gasteiger partial charge in [-0.15, -0.1) is 0 Å². The van der Waals surface area contributed by atoms with Gasteiger partial charge in [-0.25, -0.2) is 9.97 Å². The van der Waals surface area contributed by atoms with E-state index in [9.17, 15) is 9.90 Å². The van der Waals surface area contributed by atoms with Crippen molar-refractivity contribution in [2.75, 3.05) is 5.32 Å². The lowest BCUT2D eigenvalue weighted by atomic mass is 10.0. The number of carbonyl (C=O) groups is 1. The second-order valence-corrected chi connectivity index (χ2v) is 9.44. The van der Waals surface area contributed by atoms with E-state index >= 15 is 0 Å². The summed E-state index contributed by atoms with van der Waals surface area (Å²) in [6.45, 7) is 0. The molecule has 0 bridgehead atoms. The zero-order valence-electron chi connectivity index (χ0n) is 18.6. The van der Waals surface area contributed by atoms with Crippen LogP contribution >= 0.6 is 15.9 Å². The lowest BCUT2D eigenvalue weighted by Gasteiger charge is -2.15. The van der Waals surface area contributed by atoms with Gasteiger partial charge in [0.15, 0.2) is 5.82 Å². The molecule has 5 nitrogen and oxygen atoms in total. The van der Waals surface area contributed by atoms with Crippen LogP contribution in [0.5, 0.6) is 5.75 Å². The van der Waals surface area contributed by atoms with E-state index in [1.807, 2.05) is 66.7 Å². The van der Waals surface area contributed by atoms with Crippen LogP contribution in [0, 0.1) is 0 Å². The van der Waals surface area contributed by atoms with Crippen molar-refractivity contribution in [3.05, 3.63) is 105 Å². The zero-order valence-corrected chi connectivity index (χ0v) is 20.2. The lowest BCUT2D eigenvalue weighted by molar-refractivity contribution is -0.115. The standard InChI is InChI=1S/C28H24BrN3O2/c29-21-11-9-19(10-12-21)16-26(34)32-28-25(15-18-5-2-1-3-6-18)30-27-23-14-13-22(33)17-20(23)7-4-8-24(27)31-28/h1-3,5-6,9-14,17,33H,4,7-8,15-16H2,(H,31,32,34). The van der Waals surface area contributed by atoms with Crippen molar-refractivity contribution in [3.63, 3.8) is 0 Å². The molecule has 34 heavy (non-hydrogen) atoms. The molecule has 0 aliphatic heterocycles. The second kappa shape index (κ2) is 9.77. The average Bonchev–Trinajstić information content (AvgIpc) is 3.00. The number of amides is 1. The number of phenols is 1. The first kappa shape index (κ1) is 22.3. The SMILES string of the molecule is O=C(Cc1ccc(Br)cc1)Nc1nc2c(nc1Cc1ccccc1)-c1ccc(O)cc1CCC2. The Labute approximate surface area is 207 Å². The van der Waals surface area contributed by atoms with E-state index in [2.05, 4.69) is 21.2 Å². The number of phenolic OH excluding ortho intramolecular Hbond substituents is 1. The van der Waals surface area contributed by atoms with Crippen LogP contribution in [0.2, 0.25) is 0 Å². The van der Waals surface area contributed by atoms with Gasteiger partial charge in [0.05, 0.1) is 23.5 Å². The van der Waals surface area contributed by atoms with Gasteiger partial charge in [-0.1, -0.05) is 58.4 Å². The molecule has 0 saturated carbocycles. The number of fused-ring (bicyclic) bond motifs is 3. The number of rotatable bonds is 5. The molecule has 1 heterocycles. The molecule has 2 N–H and O–H groups in total. The largest absolute Gasteiger partial charge is 0.508 e. The summed E-state index contributed by atoms with van der Waals surface area (Å²) in [6, 6.07) is 23.2. The molecule has 4 aromatic rings. The Morgan fingerprint density at radius 3 is 2.53 bits per heavy atom. The van der Waals surface area contributed by atoms with Crippen molar-refractivity contribution in [1.29, 1.82) is 0 Å². The number of hydrogen-bond donors (Lipinski definition) is 2. The number of aryl methyl sites for hydroxylation is 2. The minimum Gasteiger partial charge on any atom is -0.508 e. The van der Waals surface area contributed by atoms with Gasteiger partial charge in [0, 0.05) is 16.5 Å². The van der Waals surface area contributed by atoms with Gasteiger partial charge >= 0.3 is 0 Å². The summed E-state index contributed by atoms with van der Waals surface area (Å²) in [6.07, 6.45) is 3.34. The average molecular weight is 514 g/mol. The molecule has 0 atom stereocenters. The van der Waals surface area contributed by atoms with Gasteiger partial charge in [0.1, 0.15) is 5.75 Å². The van der Waals surface area contributed by atoms with Crippen LogP contribution in [0.1, 0.15) is 34.5 Å². The highest BCUT2D eigenvalue weighted by Gasteiger charge is 2.22.